The van der Waals surface area contributed by atoms with Gasteiger partial charge < -0.3 is 4.52 Å². The number of hydrogen-bond acceptors (Lipinski definition) is 4. The number of nitro groups is 1. The molecule has 0 spiro atoms. The van der Waals surface area contributed by atoms with Crippen LogP contribution in [-0.4, -0.2) is 10.1 Å². The van der Waals surface area contributed by atoms with Gasteiger partial charge in [0.05, 0.1) is 10.3 Å². The van der Waals surface area contributed by atoms with E-state index >= 15 is 0 Å². The first-order valence-corrected chi connectivity index (χ1v) is 4.25. The van der Waals surface area contributed by atoms with Crippen LogP contribution in [0.5, 0.6) is 0 Å². The van der Waals surface area contributed by atoms with Gasteiger partial charge >= 0.3 is 0 Å². The zero-order valence-electron chi connectivity index (χ0n) is 7.56. The van der Waals surface area contributed by atoms with E-state index in [0.29, 0.717) is 17.7 Å². The van der Waals surface area contributed by atoms with Crippen LogP contribution >= 0.6 is 0 Å². The summed E-state index contributed by atoms with van der Waals surface area (Å²) >= 11 is 0. The highest BCUT2D eigenvalue weighted by Crippen LogP contribution is 2.23. The van der Waals surface area contributed by atoms with E-state index in [-0.39, 0.29) is 5.69 Å². The lowest BCUT2D eigenvalue weighted by molar-refractivity contribution is -0.384. The summed E-state index contributed by atoms with van der Waals surface area (Å²) < 4.78 is 5.03. The number of non-ortho nitro benzene ring substituents is 1. The predicted octanol–water partition coefficient (Wildman–Crippen LogP) is 2.30. The van der Waals surface area contributed by atoms with E-state index in [2.05, 4.69) is 5.16 Å². The van der Waals surface area contributed by atoms with Crippen LogP contribution in [0.25, 0.3) is 10.9 Å². The molecule has 2 aromatic rings. The average Bonchev–Trinajstić information content (AvgIpc) is 2.59. The van der Waals surface area contributed by atoms with Gasteiger partial charge in [-0.25, -0.2) is 0 Å². The van der Waals surface area contributed by atoms with Crippen LogP contribution in [0.2, 0.25) is 0 Å². The Balaban J connectivity index is 2.67. The summed E-state index contributed by atoms with van der Waals surface area (Å²) in [6, 6.07) is 4.51. The first-order chi connectivity index (χ1) is 6.72. The van der Waals surface area contributed by atoms with Crippen molar-refractivity contribution in [1.82, 2.24) is 5.16 Å². The topological polar surface area (TPSA) is 69.2 Å². The van der Waals surface area contributed by atoms with Gasteiger partial charge in [-0.15, -0.1) is 0 Å². The highest BCUT2D eigenvalue weighted by atomic mass is 16.6. The van der Waals surface area contributed by atoms with Gasteiger partial charge in [-0.1, -0.05) is 12.1 Å². The monoisotopic (exact) mass is 192 g/mol. The molecule has 0 N–H and O–H groups in total. The van der Waals surface area contributed by atoms with Crippen molar-refractivity contribution in [3.05, 3.63) is 34.1 Å². The third-order valence-electron chi connectivity index (χ3n) is 2.07. The molecular weight excluding hydrogens is 184 g/mol. The number of fused-ring (bicyclic) bond motifs is 1. The van der Waals surface area contributed by atoms with E-state index in [1.165, 1.54) is 12.1 Å². The maximum atomic E-state index is 10.5. The Labute approximate surface area is 79.5 Å². The lowest BCUT2D eigenvalue weighted by Crippen LogP contribution is -1.87. The number of aryl methyl sites for hydroxylation is 1. The summed E-state index contributed by atoms with van der Waals surface area (Å²) in [6.45, 7) is 1.92. The van der Waals surface area contributed by atoms with Gasteiger partial charge in [-0.05, 0) is 6.07 Å². The van der Waals surface area contributed by atoms with Crippen molar-refractivity contribution in [2.75, 3.05) is 0 Å². The standard InChI is InChI=1S/C9H8N2O3/c1-2-9-7-5-6(11(12)13)3-4-8(7)10-14-9/h3-5H,2H2,1H3. The molecule has 0 radical (unpaired) electrons. The van der Waals surface area contributed by atoms with Crippen molar-refractivity contribution in [3.63, 3.8) is 0 Å². The Morgan fingerprint density at radius 2 is 2.36 bits per heavy atom. The van der Waals surface area contributed by atoms with Crippen molar-refractivity contribution in [2.45, 2.75) is 13.3 Å². The maximum Gasteiger partial charge on any atom is 0.270 e. The van der Waals surface area contributed by atoms with Gasteiger partial charge in [0.25, 0.3) is 5.69 Å². The summed E-state index contributed by atoms with van der Waals surface area (Å²) in [5.74, 6) is 0.684. The Kier molecular flexibility index (Phi) is 1.92. The molecule has 0 saturated heterocycles. The quantitative estimate of drug-likeness (QED) is 0.540. The molecule has 0 unspecified atom stereocenters. The molecule has 72 valence electrons. The number of nitro benzene ring substituents is 1. The van der Waals surface area contributed by atoms with E-state index in [1.807, 2.05) is 6.92 Å². The van der Waals surface area contributed by atoms with Crippen LogP contribution in [0, 0.1) is 10.1 Å². The molecule has 14 heavy (non-hydrogen) atoms. The molecule has 1 heterocycles. The van der Waals surface area contributed by atoms with Crippen molar-refractivity contribution in [1.29, 1.82) is 0 Å². The summed E-state index contributed by atoms with van der Waals surface area (Å²) in [5.41, 5.74) is 0.725. The van der Waals surface area contributed by atoms with Crippen LogP contribution < -0.4 is 0 Å². The molecule has 2 rings (SSSR count). The van der Waals surface area contributed by atoms with Gasteiger partial charge in [0, 0.05) is 18.6 Å². The van der Waals surface area contributed by atoms with E-state index < -0.39 is 4.92 Å². The highest BCUT2D eigenvalue weighted by molar-refractivity contribution is 5.82. The molecule has 5 heteroatoms. The van der Waals surface area contributed by atoms with E-state index in [0.717, 1.165) is 5.39 Å². The van der Waals surface area contributed by atoms with Crippen molar-refractivity contribution < 1.29 is 9.45 Å². The second-order valence-electron chi connectivity index (χ2n) is 2.92. The number of aromatic nitrogens is 1. The Morgan fingerprint density at radius 1 is 1.57 bits per heavy atom. The third kappa shape index (κ3) is 1.22. The molecule has 1 aromatic carbocycles. The van der Waals surface area contributed by atoms with E-state index in [4.69, 9.17) is 4.52 Å². The van der Waals surface area contributed by atoms with Crippen molar-refractivity contribution in [3.8, 4) is 0 Å². The SMILES string of the molecule is CCc1onc2ccc([N+](=O)[O-])cc12. The normalized spacial score (nSPS) is 10.6. The highest BCUT2D eigenvalue weighted by Gasteiger charge is 2.11. The molecule has 0 fully saturated rings. The zero-order chi connectivity index (χ0) is 10.1. The lowest BCUT2D eigenvalue weighted by Gasteiger charge is -1.91. The largest absolute Gasteiger partial charge is 0.360 e. The van der Waals surface area contributed by atoms with Crippen molar-refractivity contribution >= 4 is 16.6 Å². The molecule has 0 aliphatic rings. The van der Waals surface area contributed by atoms with Crippen LogP contribution in [0.3, 0.4) is 0 Å². The molecule has 0 atom stereocenters. The fraction of sp³-hybridized carbons (Fsp3) is 0.222. The number of rotatable bonds is 2. The second kappa shape index (κ2) is 3.10. The van der Waals surface area contributed by atoms with Crippen LogP contribution in [0.15, 0.2) is 22.7 Å². The Bertz CT molecular complexity index is 490. The van der Waals surface area contributed by atoms with Gasteiger partial charge in [0.2, 0.25) is 0 Å². The molecule has 0 amide bonds. The van der Waals surface area contributed by atoms with Gasteiger partial charge in [-0.2, -0.15) is 0 Å². The summed E-state index contributed by atoms with van der Waals surface area (Å²) in [5, 5.41) is 15.0. The van der Waals surface area contributed by atoms with Crippen LogP contribution in [-0.2, 0) is 6.42 Å². The van der Waals surface area contributed by atoms with Crippen LogP contribution in [0.1, 0.15) is 12.7 Å². The minimum absolute atomic E-state index is 0.0652. The molecule has 1 aromatic heterocycles. The first-order valence-electron chi connectivity index (χ1n) is 4.25. The Hall–Kier alpha value is -1.91. The fourth-order valence-electron chi connectivity index (χ4n) is 1.35. The zero-order valence-corrected chi connectivity index (χ0v) is 7.56. The van der Waals surface area contributed by atoms with Gasteiger partial charge in [0.1, 0.15) is 11.3 Å². The predicted molar refractivity (Wildman–Crippen MR) is 50.0 cm³/mol. The minimum Gasteiger partial charge on any atom is -0.360 e. The molecule has 0 aliphatic carbocycles. The molecule has 0 aliphatic heterocycles. The Morgan fingerprint density at radius 3 is 3.00 bits per heavy atom. The second-order valence-corrected chi connectivity index (χ2v) is 2.92. The van der Waals surface area contributed by atoms with Gasteiger partial charge in [-0.3, -0.25) is 10.1 Å². The first kappa shape index (κ1) is 8.68. The molecule has 0 bridgehead atoms. The summed E-state index contributed by atoms with van der Waals surface area (Å²) in [6.07, 6.45) is 0.678. The van der Waals surface area contributed by atoms with E-state index in [9.17, 15) is 10.1 Å². The summed E-state index contributed by atoms with van der Waals surface area (Å²) in [4.78, 5) is 10.1. The summed E-state index contributed by atoms with van der Waals surface area (Å²) in [7, 11) is 0. The maximum absolute atomic E-state index is 10.5. The number of nitrogens with zero attached hydrogens (tertiary/aromatic N) is 2. The average molecular weight is 192 g/mol. The fourth-order valence-corrected chi connectivity index (χ4v) is 1.35. The third-order valence-corrected chi connectivity index (χ3v) is 2.07. The smallest absolute Gasteiger partial charge is 0.270 e. The molecular formula is C9H8N2O3. The van der Waals surface area contributed by atoms with Gasteiger partial charge in [0.15, 0.2) is 0 Å². The number of benzene rings is 1. The van der Waals surface area contributed by atoms with Crippen molar-refractivity contribution in [2.24, 2.45) is 0 Å². The molecule has 5 nitrogen and oxygen atoms in total. The number of hydrogen-bond donors (Lipinski definition) is 0. The minimum atomic E-state index is -0.425. The lowest BCUT2D eigenvalue weighted by atomic mass is 10.2. The molecule has 0 saturated carbocycles. The van der Waals surface area contributed by atoms with Crippen LogP contribution in [0.4, 0.5) is 5.69 Å². The van der Waals surface area contributed by atoms with E-state index in [1.54, 1.807) is 6.07 Å².